The number of aliphatic imine (C=N–C) groups is 1. The van der Waals surface area contributed by atoms with Crippen LogP contribution in [0.15, 0.2) is 40.5 Å². The molecule has 3 rings (SSSR count). The van der Waals surface area contributed by atoms with E-state index in [2.05, 4.69) is 4.99 Å². The SMILES string of the molecule is CCOc1ccccc1C1C(C(=O)OC)=C(C)N=C2SCC(=O)N21. The van der Waals surface area contributed by atoms with E-state index in [0.717, 1.165) is 5.56 Å². The quantitative estimate of drug-likeness (QED) is 0.784. The minimum atomic E-state index is -0.588. The Kier molecular flexibility index (Phi) is 4.62. The summed E-state index contributed by atoms with van der Waals surface area (Å²) >= 11 is 1.38. The molecule has 1 fully saturated rings. The normalized spacial score (nSPS) is 20.0. The Morgan fingerprint density at radius 2 is 2.17 bits per heavy atom. The molecule has 7 heteroatoms. The number of carbonyl (C=O) groups excluding carboxylic acids is 2. The monoisotopic (exact) mass is 346 g/mol. The lowest BCUT2D eigenvalue weighted by molar-refractivity contribution is -0.137. The molecule has 1 atom stereocenters. The van der Waals surface area contributed by atoms with Crippen molar-refractivity contribution in [3.05, 3.63) is 41.1 Å². The minimum absolute atomic E-state index is 0.0797. The first kappa shape index (κ1) is 16.6. The first-order valence-corrected chi connectivity index (χ1v) is 8.61. The summed E-state index contributed by atoms with van der Waals surface area (Å²) < 4.78 is 10.7. The molecule has 1 aromatic rings. The van der Waals surface area contributed by atoms with Gasteiger partial charge in [-0.2, -0.15) is 0 Å². The van der Waals surface area contributed by atoms with Crippen molar-refractivity contribution >= 4 is 28.8 Å². The van der Waals surface area contributed by atoms with Crippen molar-refractivity contribution in [1.29, 1.82) is 0 Å². The molecule has 1 unspecified atom stereocenters. The summed E-state index contributed by atoms with van der Waals surface area (Å²) in [4.78, 5) is 30.8. The van der Waals surface area contributed by atoms with Gasteiger partial charge in [0.2, 0.25) is 5.91 Å². The zero-order valence-corrected chi connectivity index (χ0v) is 14.6. The fraction of sp³-hybridized carbons (Fsp3) is 0.353. The Morgan fingerprint density at radius 1 is 1.42 bits per heavy atom. The first-order valence-electron chi connectivity index (χ1n) is 7.62. The molecule has 24 heavy (non-hydrogen) atoms. The number of amides is 1. The molecule has 0 N–H and O–H groups in total. The van der Waals surface area contributed by atoms with E-state index < -0.39 is 12.0 Å². The standard InChI is InChI=1S/C17H18N2O4S/c1-4-23-12-8-6-5-7-11(12)15-14(16(21)22-3)10(2)18-17-19(15)13(20)9-24-17/h5-8,15H,4,9H2,1-3H3. The van der Waals surface area contributed by atoms with Gasteiger partial charge in [0.15, 0.2) is 5.17 Å². The Bertz CT molecular complexity index is 757. The Balaban J connectivity index is 2.19. The molecule has 1 amide bonds. The number of thioether (sulfide) groups is 1. The lowest BCUT2D eigenvalue weighted by Crippen LogP contribution is -2.39. The van der Waals surface area contributed by atoms with Crippen LogP contribution in [0.3, 0.4) is 0 Å². The van der Waals surface area contributed by atoms with Crippen molar-refractivity contribution in [3.8, 4) is 5.75 Å². The molecule has 1 aromatic carbocycles. The van der Waals surface area contributed by atoms with E-state index in [1.807, 2.05) is 31.2 Å². The number of allylic oxidation sites excluding steroid dienone is 1. The van der Waals surface area contributed by atoms with Gasteiger partial charge in [0.05, 0.1) is 30.7 Å². The van der Waals surface area contributed by atoms with E-state index in [1.54, 1.807) is 11.8 Å². The third-order valence-electron chi connectivity index (χ3n) is 3.90. The van der Waals surface area contributed by atoms with Gasteiger partial charge in [0.25, 0.3) is 0 Å². The predicted octanol–water partition coefficient (Wildman–Crippen LogP) is 2.52. The van der Waals surface area contributed by atoms with Crippen molar-refractivity contribution in [2.45, 2.75) is 19.9 Å². The number of hydrogen-bond acceptors (Lipinski definition) is 6. The van der Waals surface area contributed by atoms with Crippen molar-refractivity contribution in [3.63, 3.8) is 0 Å². The van der Waals surface area contributed by atoms with Gasteiger partial charge in [-0.1, -0.05) is 30.0 Å². The van der Waals surface area contributed by atoms with E-state index in [4.69, 9.17) is 9.47 Å². The second kappa shape index (κ2) is 6.68. The number of benzene rings is 1. The van der Waals surface area contributed by atoms with Gasteiger partial charge in [-0.3, -0.25) is 9.69 Å². The van der Waals surface area contributed by atoms with Crippen molar-refractivity contribution in [2.24, 2.45) is 4.99 Å². The maximum absolute atomic E-state index is 12.4. The van der Waals surface area contributed by atoms with Crippen LogP contribution in [0.1, 0.15) is 25.5 Å². The van der Waals surface area contributed by atoms with Crippen LogP contribution in [0.2, 0.25) is 0 Å². The van der Waals surface area contributed by atoms with E-state index in [0.29, 0.717) is 34.5 Å². The Labute approximate surface area is 144 Å². The number of amidine groups is 1. The number of hydrogen-bond donors (Lipinski definition) is 0. The summed E-state index contributed by atoms with van der Waals surface area (Å²) in [6.07, 6.45) is 0. The van der Waals surface area contributed by atoms with Crippen molar-refractivity contribution < 1.29 is 19.1 Å². The van der Waals surface area contributed by atoms with E-state index in [1.165, 1.54) is 18.9 Å². The number of ether oxygens (including phenoxy) is 2. The third kappa shape index (κ3) is 2.69. The maximum Gasteiger partial charge on any atom is 0.338 e. The zero-order chi connectivity index (χ0) is 17.3. The highest BCUT2D eigenvalue weighted by Crippen LogP contribution is 2.43. The van der Waals surface area contributed by atoms with Crippen LogP contribution in [-0.4, -0.2) is 41.4 Å². The number of carbonyl (C=O) groups is 2. The summed E-state index contributed by atoms with van der Waals surface area (Å²) in [5, 5.41) is 0.612. The highest BCUT2D eigenvalue weighted by atomic mass is 32.2. The second-order valence-electron chi connectivity index (χ2n) is 5.31. The van der Waals surface area contributed by atoms with E-state index in [9.17, 15) is 9.59 Å². The van der Waals surface area contributed by atoms with Gasteiger partial charge in [-0.25, -0.2) is 9.79 Å². The third-order valence-corrected chi connectivity index (χ3v) is 4.84. The predicted molar refractivity (Wildman–Crippen MR) is 91.8 cm³/mol. The largest absolute Gasteiger partial charge is 0.494 e. The molecule has 0 bridgehead atoms. The van der Waals surface area contributed by atoms with Crippen LogP contribution in [0.4, 0.5) is 0 Å². The molecule has 0 aliphatic carbocycles. The molecule has 1 saturated heterocycles. The molecular formula is C17H18N2O4S. The fourth-order valence-electron chi connectivity index (χ4n) is 2.90. The van der Waals surface area contributed by atoms with Gasteiger partial charge >= 0.3 is 5.97 Å². The van der Waals surface area contributed by atoms with Gasteiger partial charge in [0, 0.05) is 5.56 Å². The molecule has 126 valence electrons. The molecule has 0 spiro atoms. The lowest BCUT2D eigenvalue weighted by Gasteiger charge is -2.33. The highest BCUT2D eigenvalue weighted by Gasteiger charge is 2.44. The summed E-state index contributed by atoms with van der Waals surface area (Å²) in [6.45, 7) is 4.14. The summed E-state index contributed by atoms with van der Waals surface area (Å²) in [6, 6.07) is 6.84. The Morgan fingerprint density at radius 3 is 2.88 bits per heavy atom. The van der Waals surface area contributed by atoms with Crippen LogP contribution < -0.4 is 4.74 Å². The van der Waals surface area contributed by atoms with Gasteiger partial charge in [0.1, 0.15) is 11.8 Å². The molecule has 6 nitrogen and oxygen atoms in total. The number of methoxy groups -OCH3 is 1. The van der Waals surface area contributed by atoms with Crippen molar-refractivity contribution in [1.82, 2.24) is 4.90 Å². The molecule has 2 aliphatic rings. The average molecular weight is 346 g/mol. The number of para-hydroxylation sites is 1. The number of fused-ring (bicyclic) bond motifs is 1. The van der Waals surface area contributed by atoms with Crippen molar-refractivity contribution in [2.75, 3.05) is 19.5 Å². The molecular weight excluding hydrogens is 328 g/mol. The molecule has 2 aliphatic heterocycles. The van der Waals surface area contributed by atoms with Gasteiger partial charge in [-0.05, 0) is 19.9 Å². The van der Waals surface area contributed by atoms with Gasteiger partial charge < -0.3 is 9.47 Å². The topological polar surface area (TPSA) is 68.2 Å². The smallest absolute Gasteiger partial charge is 0.338 e. The van der Waals surface area contributed by atoms with Crippen LogP contribution in [0.25, 0.3) is 0 Å². The lowest BCUT2D eigenvalue weighted by atomic mass is 9.93. The number of rotatable bonds is 4. The maximum atomic E-state index is 12.4. The summed E-state index contributed by atoms with van der Waals surface area (Å²) in [5.41, 5.74) is 1.68. The summed E-state index contributed by atoms with van der Waals surface area (Å²) in [7, 11) is 1.33. The number of esters is 1. The number of nitrogens with zero attached hydrogens (tertiary/aromatic N) is 2. The Hall–Kier alpha value is -2.28. The van der Waals surface area contributed by atoms with Gasteiger partial charge in [-0.15, -0.1) is 0 Å². The average Bonchev–Trinajstić information content (AvgIpc) is 2.94. The van der Waals surface area contributed by atoms with Crippen LogP contribution >= 0.6 is 11.8 Å². The van der Waals surface area contributed by atoms with Crippen LogP contribution in [0, 0.1) is 0 Å². The van der Waals surface area contributed by atoms with E-state index in [-0.39, 0.29) is 5.91 Å². The van der Waals surface area contributed by atoms with Crippen LogP contribution in [-0.2, 0) is 14.3 Å². The van der Waals surface area contributed by atoms with Crippen LogP contribution in [0.5, 0.6) is 5.75 Å². The minimum Gasteiger partial charge on any atom is -0.494 e. The molecule has 2 heterocycles. The second-order valence-corrected chi connectivity index (χ2v) is 6.25. The first-order chi connectivity index (χ1) is 11.6. The summed E-state index contributed by atoms with van der Waals surface area (Å²) in [5.74, 6) is 0.388. The highest BCUT2D eigenvalue weighted by molar-refractivity contribution is 8.15. The molecule has 0 saturated carbocycles. The fourth-order valence-corrected chi connectivity index (χ4v) is 3.84. The zero-order valence-electron chi connectivity index (χ0n) is 13.7. The van der Waals surface area contributed by atoms with E-state index >= 15 is 0 Å². The molecule has 0 aromatic heterocycles. The molecule has 0 radical (unpaired) electrons.